The zero-order valence-corrected chi connectivity index (χ0v) is 9.98. The van der Waals surface area contributed by atoms with E-state index in [0.717, 1.165) is 32.5 Å². The topological polar surface area (TPSA) is 78.6 Å². The zero-order chi connectivity index (χ0) is 12.0. The molecular weight excluding hydrogens is 206 g/mol. The normalized spacial score (nSPS) is 26.9. The molecular formula is C11H23N3O2. The molecule has 2 atom stereocenters. The highest BCUT2D eigenvalue weighted by Crippen LogP contribution is 2.19. The molecule has 1 aliphatic rings. The summed E-state index contributed by atoms with van der Waals surface area (Å²) < 4.78 is 0. The third-order valence-corrected chi connectivity index (χ3v) is 3.02. The van der Waals surface area contributed by atoms with Crippen LogP contribution in [0.25, 0.3) is 0 Å². The molecule has 0 radical (unpaired) electrons. The number of amides is 1. The molecule has 1 aliphatic heterocycles. The second-order valence-electron chi connectivity index (χ2n) is 4.53. The molecule has 0 aromatic heterocycles. The quantitative estimate of drug-likeness (QED) is 0.554. The van der Waals surface area contributed by atoms with Gasteiger partial charge in [-0.15, -0.1) is 0 Å². The zero-order valence-electron chi connectivity index (χ0n) is 9.98. The highest BCUT2D eigenvalue weighted by atomic mass is 16.3. The number of nitrogens with two attached hydrogens (primary N) is 1. The minimum Gasteiger partial charge on any atom is -0.396 e. The maximum atomic E-state index is 10.9. The van der Waals surface area contributed by atoms with E-state index in [2.05, 4.69) is 17.1 Å². The summed E-state index contributed by atoms with van der Waals surface area (Å²) in [5.41, 5.74) is 5.21. The first-order valence-corrected chi connectivity index (χ1v) is 6.00. The molecule has 4 N–H and O–H groups in total. The van der Waals surface area contributed by atoms with Gasteiger partial charge in [-0.2, -0.15) is 0 Å². The summed E-state index contributed by atoms with van der Waals surface area (Å²) in [6.07, 6.45) is 1.88. The van der Waals surface area contributed by atoms with Gasteiger partial charge < -0.3 is 16.2 Å². The Morgan fingerprint density at radius 3 is 2.88 bits per heavy atom. The van der Waals surface area contributed by atoms with Crippen LogP contribution >= 0.6 is 0 Å². The van der Waals surface area contributed by atoms with Crippen molar-refractivity contribution < 1.29 is 9.90 Å². The highest BCUT2D eigenvalue weighted by molar-refractivity contribution is 5.75. The van der Waals surface area contributed by atoms with Gasteiger partial charge in [0.05, 0.1) is 6.54 Å². The summed E-state index contributed by atoms with van der Waals surface area (Å²) in [6, 6.07) is 0.412. The number of piperidine rings is 1. The minimum atomic E-state index is -0.278. The van der Waals surface area contributed by atoms with Crippen molar-refractivity contribution in [3.63, 3.8) is 0 Å². The van der Waals surface area contributed by atoms with Crippen LogP contribution in [0.5, 0.6) is 0 Å². The molecule has 16 heavy (non-hydrogen) atoms. The van der Waals surface area contributed by atoms with Crippen LogP contribution in [0.2, 0.25) is 0 Å². The number of carbonyl (C=O) groups is 1. The first-order chi connectivity index (χ1) is 7.65. The number of nitrogens with zero attached hydrogens (tertiary/aromatic N) is 1. The fourth-order valence-corrected chi connectivity index (χ4v) is 2.48. The third-order valence-electron chi connectivity index (χ3n) is 3.02. The van der Waals surface area contributed by atoms with E-state index in [1.54, 1.807) is 0 Å². The summed E-state index contributed by atoms with van der Waals surface area (Å²) in [7, 11) is 0. The van der Waals surface area contributed by atoms with Gasteiger partial charge in [-0.25, -0.2) is 0 Å². The molecule has 1 heterocycles. The predicted molar refractivity (Wildman–Crippen MR) is 62.9 cm³/mol. The van der Waals surface area contributed by atoms with Crippen LogP contribution in [0, 0.1) is 5.92 Å². The lowest BCUT2D eigenvalue weighted by atomic mass is 9.91. The van der Waals surface area contributed by atoms with Gasteiger partial charge in [-0.3, -0.25) is 9.69 Å². The molecule has 1 saturated heterocycles. The smallest absolute Gasteiger partial charge is 0.231 e. The van der Waals surface area contributed by atoms with Gasteiger partial charge in [0.1, 0.15) is 0 Å². The molecule has 0 saturated carbocycles. The molecule has 5 nitrogen and oxygen atoms in total. The van der Waals surface area contributed by atoms with E-state index in [1.165, 1.54) is 0 Å². The van der Waals surface area contributed by atoms with E-state index in [9.17, 15) is 4.79 Å². The molecule has 1 fully saturated rings. The molecule has 0 aromatic carbocycles. The Hall–Kier alpha value is -0.650. The van der Waals surface area contributed by atoms with Gasteiger partial charge in [0, 0.05) is 25.7 Å². The van der Waals surface area contributed by atoms with E-state index in [-0.39, 0.29) is 12.5 Å². The number of hydrogen-bond acceptors (Lipinski definition) is 4. The standard InChI is InChI=1S/C11H23N3O2/c1-2-13-10-5-9(3-4-15)6-14(7-10)8-11(12)16/h9-10,13,15H,2-8H2,1H3,(H2,12,16). The van der Waals surface area contributed by atoms with Crippen LogP contribution in [-0.4, -0.2) is 54.7 Å². The van der Waals surface area contributed by atoms with E-state index >= 15 is 0 Å². The van der Waals surface area contributed by atoms with Crippen molar-refractivity contribution in [1.29, 1.82) is 0 Å². The Balaban J connectivity index is 2.48. The fourth-order valence-electron chi connectivity index (χ4n) is 2.48. The Kier molecular flexibility index (Phi) is 5.73. The number of aliphatic hydroxyl groups excluding tert-OH is 1. The van der Waals surface area contributed by atoms with Gasteiger partial charge in [0.25, 0.3) is 0 Å². The molecule has 0 bridgehead atoms. The molecule has 1 amide bonds. The van der Waals surface area contributed by atoms with Crippen LogP contribution in [0.3, 0.4) is 0 Å². The first-order valence-electron chi connectivity index (χ1n) is 6.00. The Morgan fingerprint density at radius 1 is 1.56 bits per heavy atom. The number of likely N-dealkylation sites (tertiary alicyclic amines) is 1. The van der Waals surface area contributed by atoms with Crippen molar-refractivity contribution in [2.24, 2.45) is 11.7 Å². The van der Waals surface area contributed by atoms with Crippen LogP contribution < -0.4 is 11.1 Å². The van der Waals surface area contributed by atoms with Crippen LogP contribution in [0.4, 0.5) is 0 Å². The monoisotopic (exact) mass is 229 g/mol. The summed E-state index contributed by atoms with van der Waals surface area (Å²) >= 11 is 0. The van der Waals surface area contributed by atoms with E-state index in [1.807, 2.05) is 0 Å². The molecule has 94 valence electrons. The van der Waals surface area contributed by atoms with Crippen molar-refractivity contribution in [3.05, 3.63) is 0 Å². The lowest BCUT2D eigenvalue weighted by molar-refractivity contribution is -0.119. The van der Waals surface area contributed by atoms with Crippen molar-refractivity contribution in [3.8, 4) is 0 Å². The molecule has 5 heteroatoms. The Morgan fingerprint density at radius 2 is 2.31 bits per heavy atom. The number of aliphatic hydroxyl groups is 1. The van der Waals surface area contributed by atoms with E-state index in [4.69, 9.17) is 10.8 Å². The lowest BCUT2D eigenvalue weighted by Gasteiger charge is -2.37. The summed E-state index contributed by atoms with van der Waals surface area (Å²) in [6.45, 7) is 5.29. The predicted octanol–water partition coefficient (Wildman–Crippen LogP) is -0.846. The van der Waals surface area contributed by atoms with E-state index < -0.39 is 0 Å². The van der Waals surface area contributed by atoms with Gasteiger partial charge in [-0.05, 0) is 25.3 Å². The maximum absolute atomic E-state index is 10.9. The minimum absolute atomic E-state index is 0.216. The first kappa shape index (κ1) is 13.4. The highest BCUT2D eigenvalue weighted by Gasteiger charge is 2.26. The molecule has 1 rings (SSSR count). The third kappa shape index (κ3) is 4.47. The number of primary amides is 1. The number of carbonyl (C=O) groups excluding carboxylic acids is 1. The van der Waals surface area contributed by atoms with Gasteiger partial charge in [0.15, 0.2) is 0 Å². The molecule has 2 unspecified atom stereocenters. The lowest BCUT2D eigenvalue weighted by Crippen LogP contribution is -2.51. The van der Waals surface area contributed by atoms with Crippen LogP contribution in [0.15, 0.2) is 0 Å². The van der Waals surface area contributed by atoms with Crippen molar-refractivity contribution in [2.75, 3.05) is 32.8 Å². The van der Waals surface area contributed by atoms with Crippen molar-refractivity contribution >= 4 is 5.91 Å². The fraction of sp³-hybridized carbons (Fsp3) is 0.909. The van der Waals surface area contributed by atoms with Gasteiger partial charge >= 0.3 is 0 Å². The van der Waals surface area contributed by atoms with Crippen LogP contribution in [-0.2, 0) is 4.79 Å². The SMILES string of the molecule is CCNC1CC(CCO)CN(CC(N)=O)C1. The number of likely N-dealkylation sites (N-methyl/N-ethyl adjacent to an activating group) is 1. The Bertz CT molecular complexity index is 209. The van der Waals surface area contributed by atoms with Gasteiger partial charge in [-0.1, -0.05) is 6.92 Å². The maximum Gasteiger partial charge on any atom is 0.231 e. The summed E-state index contributed by atoms with van der Waals surface area (Å²) in [5, 5.41) is 12.4. The van der Waals surface area contributed by atoms with Gasteiger partial charge in [0.2, 0.25) is 5.91 Å². The van der Waals surface area contributed by atoms with Crippen molar-refractivity contribution in [2.45, 2.75) is 25.8 Å². The number of hydrogen-bond donors (Lipinski definition) is 3. The average Bonchev–Trinajstić information content (AvgIpc) is 2.17. The molecule has 0 aliphatic carbocycles. The second kappa shape index (κ2) is 6.83. The molecule has 0 aromatic rings. The second-order valence-corrected chi connectivity index (χ2v) is 4.53. The number of rotatable bonds is 6. The average molecular weight is 229 g/mol. The largest absolute Gasteiger partial charge is 0.396 e. The van der Waals surface area contributed by atoms with Crippen LogP contribution in [0.1, 0.15) is 19.8 Å². The van der Waals surface area contributed by atoms with Crippen molar-refractivity contribution in [1.82, 2.24) is 10.2 Å². The Labute approximate surface area is 97.0 Å². The number of nitrogens with one attached hydrogen (secondary N) is 1. The summed E-state index contributed by atoms with van der Waals surface area (Å²) in [5.74, 6) is 0.182. The van der Waals surface area contributed by atoms with E-state index in [0.29, 0.717) is 18.5 Å². The summed E-state index contributed by atoms with van der Waals surface area (Å²) in [4.78, 5) is 13.0. The molecule has 0 spiro atoms.